The van der Waals surface area contributed by atoms with Crippen LogP contribution in [0, 0.1) is 5.41 Å². The molecule has 2 rings (SSSR count). The van der Waals surface area contributed by atoms with Crippen LogP contribution in [0.15, 0.2) is 24.3 Å². The topological polar surface area (TPSA) is 21.3 Å². The summed E-state index contributed by atoms with van der Waals surface area (Å²) in [7, 11) is 1.73. The molecule has 1 aromatic rings. The van der Waals surface area contributed by atoms with Gasteiger partial charge in [0.2, 0.25) is 0 Å². The SMILES string of the molecule is CCC(C)(CNC1CC1)Cc1cccc(OC)c1. The molecule has 1 N–H and O–H groups in total. The average molecular weight is 247 g/mol. The van der Waals surface area contributed by atoms with Gasteiger partial charge in [0.05, 0.1) is 7.11 Å². The lowest BCUT2D eigenvalue weighted by molar-refractivity contribution is 0.288. The summed E-state index contributed by atoms with van der Waals surface area (Å²) in [5.74, 6) is 0.959. The molecule has 0 spiro atoms. The van der Waals surface area contributed by atoms with Gasteiger partial charge in [-0.05, 0) is 48.8 Å². The predicted octanol–water partition coefficient (Wildman–Crippen LogP) is 3.41. The van der Waals surface area contributed by atoms with Crippen molar-refractivity contribution < 1.29 is 4.74 Å². The minimum absolute atomic E-state index is 0.342. The second-order valence-electron chi connectivity index (χ2n) is 5.85. The molecule has 1 unspecified atom stereocenters. The van der Waals surface area contributed by atoms with Crippen LogP contribution >= 0.6 is 0 Å². The fourth-order valence-electron chi connectivity index (χ4n) is 2.27. The van der Waals surface area contributed by atoms with Gasteiger partial charge in [0.1, 0.15) is 5.75 Å². The van der Waals surface area contributed by atoms with Gasteiger partial charge in [0, 0.05) is 12.6 Å². The lowest BCUT2D eigenvalue weighted by Gasteiger charge is -2.29. The van der Waals surface area contributed by atoms with Gasteiger partial charge in [-0.25, -0.2) is 0 Å². The molecule has 2 heteroatoms. The first-order chi connectivity index (χ1) is 8.65. The largest absolute Gasteiger partial charge is 0.497 e. The van der Waals surface area contributed by atoms with E-state index in [0.29, 0.717) is 5.41 Å². The van der Waals surface area contributed by atoms with E-state index in [4.69, 9.17) is 4.74 Å². The van der Waals surface area contributed by atoms with Gasteiger partial charge in [-0.2, -0.15) is 0 Å². The zero-order valence-electron chi connectivity index (χ0n) is 11.8. The fraction of sp³-hybridized carbons (Fsp3) is 0.625. The number of methoxy groups -OCH3 is 1. The van der Waals surface area contributed by atoms with Crippen LogP contribution in [-0.4, -0.2) is 19.7 Å². The Morgan fingerprint density at radius 2 is 2.17 bits per heavy atom. The zero-order chi connectivity index (χ0) is 13.0. The molecule has 0 bridgehead atoms. The van der Waals surface area contributed by atoms with Crippen molar-refractivity contribution in [2.45, 2.75) is 45.6 Å². The van der Waals surface area contributed by atoms with Crippen LogP contribution in [0.25, 0.3) is 0 Å². The van der Waals surface area contributed by atoms with Crippen molar-refractivity contribution in [2.24, 2.45) is 5.41 Å². The molecule has 0 saturated heterocycles. The Bertz CT molecular complexity index is 386. The molecule has 1 aliphatic carbocycles. The molecular formula is C16H25NO. The fourth-order valence-corrected chi connectivity index (χ4v) is 2.27. The van der Waals surface area contributed by atoms with Crippen LogP contribution in [0.5, 0.6) is 5.75 Å². The van der Waals surface area contributed by atoms with Crippen molar-refractivity contribution in [1.29, 1.82) is 0 Å². The minimum atomic E-state index is 0.342. The summed E-state index contributed by atoms with van der Waals surface area (Å²) in [5.41, 5.74) is 1.71. The van der Waals surface area contributed by atoms with E-state index in [-0.39, 0.29) is 0 Å². The quantitative estimate of drug-likeness (QED) is 0.797. The standard InChI is InChI=1S/C16H25NO/c1-4-16(2,12-17-14-8-9-14)11-13-6-5-7-15(10-13)18-3/h5-7,10,14,17H,4,8-9,11-12H2,1-3H3. The second-order valence-corrected chi connectivity index (χ2v) is 5.85. The van der Waals surface area contributed by atoms with E-state index < -0.39 is 0 Å². The summed E-state index contributed by atoms with van der Waals surface area (Å²) in [6.45, 7) is 5.78. The van der Waals surface area contributed by atoms with Crippen LogP contribution in [-0.2, 0) is 6.42 Å². The smallest absolute Gasteiger partial charge is 0.119 e. The van der Waals surface area contributed by atoms with Crippen LogP contribution in [0.3, 0.4) is 0 Å². The first-order valence-corrected chi connectivity index (χ1v) is 7.01. The van der Waals surface area contributed by atoms with Gasteiger partial charge >= 0.3 is 0 Å². The summed E-state index contributed by atoms with van der Waals surface area (Å²) < 4.78 is 5.30. The highest BCUT2D eigenvalue weighted by molar-refractivity contribution is 5.29. The van der Waals surface area contributed by atoms with Gasteiger partial charge < -0.3 is 10.1 Å². The summed E-state index contributed by atoms with van der Waals surface area (Å²) in [6.07, 6.45) is 5.03. The summed E-state index contributed by atoms with van der Waals surface area (Å²) >= 11 is 0. The monoisotopic (exact) mass is 247 g/mol. The van der Waals surface area contributed by atoms with Crippen LogP contribution < -0.4 is 10.1 Å². The normalized spacial score (nSPS) is 18.4. The molecule has 0 radical (unpaired) electrons. The maximum atomic E-state index is 5.30. The summed E-state index contributed by atoms with van der Waals surface area (Å²) in [4.78, 5) is 0. The van der Waals surface area contributed by atoms with Gasteiger partial charge in [0.15, 0.2) is 0 Å². The zero-order valence-corrected chi connectivity index (χ0v) is 11.8. The Morgan fingerprint density at radius 3 is 2.78 bits per heavy atom. The Labute approximate surface area is 111 Å². The lowest BCUT2D eigenvalue weighted by Crippen LogP contribution is -2.34. The molecule has 1 atom stereocenters. The molecule has 0 amide bonds. The average Bonchev–Trinajstić information content (AvgIpc) is 3.21. The number of nitrogens with one attached hydrogen (secondary N) is 1. The van der Waals surface area contributed by atoms with Gasteiger partial charge in [-0.3, -0.25) is 0 Å². The van der Waals surface area contributed by atoms with Crippen molar-refractivity contribution in [3.8, 4) is 5.75 Å². The summed E-state index contributed by atoms with van der Waals surface area (Å²) in [6, 6.07) is 9.24. The highest BCUT2D eigenvalue weighted by Gasteiger charge is 2.27. The predicted molar refractivity (Wildman–Crippen MR) is 76.1 cm³/mol. The van der Waals surface area contributed by atoms with E-state index >= 15 is 0 Å². The number of hydrogen-bond donors (Lipinski definition) is 1. The molecule has 2 nitrogen and oxygen atoms in total. The maximum Gasteiger partial charge on any atom is 0.119 e. The highest BCUT2D eigenvalue weighted by atomic mass is 16.5. The Kier molecular flexibility index (Phi) is 4.28. The number of rotatable bonds is 7. The van der Waals surface area contributed by atoms with E-state index in [1.165, 1.54) is 24.8 Å². The molecule has 100 valence electrons. The van der Waals surface area contributed by atoms with Gasteiger partial charge in [-0.1, -0.05) is 26.0 Å². The molecular weight excluding hydrogens is 222 g/mol. The molecule has 1 saturated carbocycles. The molecule has 0 heterocycles. The third kappa shape index (κ3) is 3.74. The van der Waals surface area contributed by atoms with E-state index in [2.05, 4.69) is 37.4 Å². The van der Waals surface area contributed by atoms with Crippen molar-refractivity contribution in [1.82, 2.24) is 5.32 Å². The third-order valence-corrected chi connectivity index (χ3v) is 4.01. The second kappa shape index (κ2) is 5.75. The molecule has 0 aromatic heterocycles. The Morgan fingerprint density at radius 1 is 1.39 bits per heavy atom. The van der Waals surface area contributed by atoms with Crippen molar-refractivity contribution in [2.75, 3.05) is 13.7 Å². The van der Waals surface area contributed by atoms with Crippen LogP contribution in [0.4, 0.5) is 0 Å². The minimum Gasteiger partial charge on any atom is -0.497 e. The van der Waals surface area contributed by atoms with E-state index in [0.717, 1.165) is 24.8 Å². The van der Waals surface area contributed by atoms with Crippen molar-refractivity contribution in [3.05, 3.63) is 29.8 Å². The first-order valence-electron chi connectivity index (χ1n) is 7.01. The van der Waals surface area contributed by atoms with Crippen LogP contribution in [0.2, 0.25) is 0 Å². The molecule has 1 aromatic carbocycles. The van der Waals surface area contributed by atoms with Crippen LogP contribution in [0.1, 0.15) is 38.7 Å². The maximum absolute atomic E-state index is 5.30. The lowest BCUT2D eigenvalue weighted by atomic mass is 9.81. The summed E-state index contributed by atoms with van der Waals surface area (Å²) in [5, 5.41) is 3.67. The van der Waals surface area contributed by atoms with E-state index in [9.17, 15) is 0 Å². The number of hydrogen-bond acceptors (Lipinski definition) is 2. The van der Waals surface area contributed by atoms with Gasteiger partial charge in [0.25, 0.3) is 0 Å². The first kappa shape index (κ1) is 13.4. The van der Waals surface area contributed by atoms with E-state index in [1.807, 2.05) is 6.07 Å². The number of benzene rings is 1. The Balaban J connectivity index is 1.98. The van der Waals surface area contributed by atoms with E-state index in [1.54, 1.807) is 7.11 Å². The van der Waals surface area contributed by atoms with Crippen molar-refractivity contribution in [3.63, 3.8) is 0 Å². The molecule has 0 aliphatic heterocycles. The Hall–Kier alpha value is -1.02. The number of ether oxygens (including phenoxy) is 1. The van der Waals surface area contributed by atoms with Crippen molar-refractivity contribution >= 4 is 0 Å². The molecule has 1 aliphatic rings. The highest BCUT2D eigenvalue weighted by Crippen LogP contribution is 2.29. The van der Waals surface area contributed by atoms with Gasteiger partial charge in [-0.15, -0.1) is 0 Å². The molecule has 18 heavy (non-hydrogen) atoms. The third-order valence-electron chi connectivity index (χ3n) is 4.01. The molecule has 1 fully saturated rings.